The third kappa shape index (κ3) is 12.2. The fourth-order valence-corrected chi connectivity index (χ4v) is 8.42. The Kier molecular flexibility index (Phi) is 17.0. The van der Waals surface area contributed by atoms with E-state index in [0.29, 0.717) is 55.1 Å². The van der Waals surface area contributed by atoms with Gasteiger partial charge in [0.2, 0.25) is 11.8 Å². The number of hydrogen-bond donors (Lipinski definition) is 4. The van der Waals surface area contributed by atoms with E-state index >= 15 is 0 Å². The van der Waals surface area contributed by atoms with Crippen LogP contribution in [0.4, 0.5) is 26.3 Å². The highest BCUT2D eigenvalue weighted by Gasteiger charge is 2.41. The minimum Gasteiger partial charge on any atom is -0.400 e. The molecule has 0 aromatic heterocycles. The molecule has 0 radical (unpaired) electrons. The van der Waals surface area contributed by atoms with E-state index in [0.717, 1.165) is 43.2 Å². The molecule has 7 nitrogen and oxygen atoms in total. The molecule has 4 aromatic rings. The summed E-state index contributed by atoms with van der Waals surface area (Å²) >= 11 is 12.2. The standard InChI is InChI=1S/C22H24ClF3N2O.C22H20ClF3N2O.CH4O/c2*23-18-6-3-5-17(12-18)21(14-27)10-8-15(9-11-21)20(29)28-13-16-4-1-2-7-19(16)22(24,25)26;1-2/h1-7,12,15H,8-11,13-14,27H2,(H,28,29);1-7,12,15H,8-11,13H2,(H,28,29);2H,1H3. The molecule has 0 atom stereocenters. The van der Waals surface area contributed by atoms with Crippen molar-refractivity contribution in [2.24, 2.45) is 17.6 Å². The van der Waals surface area contributed by atoms with Gasteiger partial charge in [0.05, 0.1) is 22.6 Å². The summed E-state index contributed by atoms with van der Waals surface area (Å²) in [6, 6.07) is 27.7. The van der Waals surface area contributed by atoms with Gasteiger partial charge in [-0.1, -0.05) is 83.9 Å². The number of nitrogens with two attached hydrogens (primary N) is 1. The highest BCUT2D eigenvalue weighted by Crippen LogP contribution is 2.43. The molecule has 2 amide bonds. The molecule has 0 saturated heterocycles. The van der Waals surface area contributed by atoms with Crippen LogP contribution in [-0.2, 0) is 45.9 Å². The van der Waals surface area contributed by atoms with Crippen LogP contribution in [0.15, 0.2) is 97.1 Å². The van der Waals surface area contributed by atoms with E-state index < -0.39 is 28.9 Å². The van der Waals surface area contributed by atoms with Crippen molar-refractivity contribution in [3.63, 3.8) is 0 Å². The Labute approximate surface area is 356 Å². The lowest BCUT2D eigenvalue weighted by Gasteiger charge is -2.39. The average molecular weight is 878 g/mol. The Morgan fingerprint density at radius 2 is 1.08 bits per heavy atom. The minimum atomic E-state index is -4.46. The number of benzene rings is 4. The van der Waals surface area contributed by atoms with E-state index in [1.54, 1.807) is 18.2 Å². The van der Waals surface area contributed by atoms with Crippen molar-refractivity contribution < 1.29 is 41.0 Å². The second-order valence-electron chi connectivity index (χ2n) is 15.0. The van der Waals surface area contributed by atoms with Crippen LogP contribution in [0.25, 0.3) is 0 Å². The van der Waals surface area contributed by atoms with Crippen molar-refractivity contribution in [1.82, 2.24) is 10.6 Å². The lowest BCUT2D eigenvalue weighted by molar-refractivity contribution is -0.139. The van der Waals surface area contributed by atoms with Crippen LogP contribution >= 0.6 is 23.2 Å². The summed E-state index contributed by atoms with van der Waals surface area (Å²) < 4.78 is 78.6. The maximum absolute atomic E-state index is 13.1. The van der Waals surface area contributed by atoms with Crippen molar-refractivity contribution >= 4 is 35.0 Å². The summed E-state index contributed by atoms with van der Waals surface area (Å²) in [5.41, 5.74) is 5.74. The van der Waals surface area contributed by atoms with E-state index in [-0.39, 0.29) is 53.3 Å². The quantitative estimate of drug-likeness (QED) is 0.125. The third-order valence-corrected chi connectivity index (χ3v) is 12.0. The van der Waals surface area contributed by atoms with Gasteiger partial charge in [-0.15, -0.1) is 0 Å². The van der Waals surface area contributed by atoms with Gasteiger partial charge in [0.15, 0.2) is 0 Å². The Hall–Kier alpha value is -4.61. The topological polar surface area (TPSA) is 128 Å². The summed E-state index contributed by atoms with van der Waals surface area (Å²) in [6.45, 7) is 0.144. The van der Waals surface area contributed by atoms with Crippen molar-refractivity contribution in [3.8, 4) is 6.07 Å². The molecule has 0 bridgehead atoms. The molecule has 5 N–H and O–H groups in total. The van der Waals surface area contributed by atoms with Crippen molar-refractivity contribution in [3.05, 3.63) is 140 Å². The van der Waals surface area contributed by atoms with Crippen molar-refractivity contribution in [2.75, 3.05) is 13.7 Å². The number of nitriles is 1. The van der Waals surface area contributed by atoms with E-state index in [1.807, 2.05) is 30.3 Å². The lowest BCUT2D eigenvalue weighted by atomic mass is 9.66. The largest absolute Gasteiger partial charge is 0.416 e. The third-order valence-electron chi connectivity index (χ3n) is 11.5. The zero-order valence-corrected chi connectivity index (χ0v) is 34.5. The molecule has 4 aromatic carbocycles. The summed E-state index contributed by atoms with van der Waals surface area (Å²) in [5, 5.41) is 23.3. The smallest absolute Gasteiger partial charge is 0.400 e. The molecule has 2 aliphatic rings. The van der Waals surface area contributed by atoms with Crippen LogP contribution in [0.3, 0.4) is 0 Å². The van der Waals surface area contributed by atoms with Crippen LogP contribution in [0.5, 0.6) is 0 Å². The predicted molar refractivity (Wildman–Crippen MR) is 220 cm³/mol. The number of amides is 2. The van der Waals surface area contributed by atoms with Crippen LogP contribution in [0.2, 0.25) is 10.0 Å². The van der Waals surface area contributed by atoms with E-state index in [1.165, 1.54) is 36.4 Å². The zero-order valence-electron chi connectivity index (χ0n) is 33.0. The first kappa shape index (κ1) is 48.1. The number of hydrogen-bond acceptors (Lipinski definition) is 5. The Balaban J connectivity index is 0.000000254. The number of nitrogens with zero attached hydrogens (tertiary/aromatic N) is 1. The van der Waals surface area contributed by atoms with Gasteiger partial charge in [0, 0.05) is 54.0 Å². The lowest BCUT2D eigenvalue weighted by Crippen LogP contribution is -2.42. The predicted octanol–water partition coefficient (Wildman–Crippen LogP) is 10.3. The van der Waals surface area contributed by atoms with Gasteiger partial charge in [-0.3, -0.25) is 9.59 Å². The Morgan fingerprint density at radius 3 is 1.48 bits per heavy atom. The van der Waals surface area contributed by atoms with Gasteiger partial charge in [0.25, 0.3) is 0 Å². The first-order valence-electron chi connectivity index (χ1n) is 19.4. The number of carbonyl (C=O) groups excluding carboxylic acids is 2. The Bertz CT molecular complexity index is 2090. The fraction of sp³-hybridized carbons (Fsp3) is 0.400. The molecule has 6 rings (SSSR count). The second kappa shape index (κ2) is 21.3. The molecule has 2 saturated carbocycles. The number of aliphatic hydroxyl groups is 1. The number of halogens is 8. The molecule has 0 unspecified atom stereocenters. The normalized spacial score (nSPS) is 21.5. The zero-order chi connectivity index (χ0) is 44.1. The number of alkyl halides is 6. The maximum atomic E-state index is 13.1. The first-order valence-corrected chi connectivity index (χ1v) is 20.2. The van der Waals surface area contributed by atoms with Crippen molar-refractivity contribution in [1.29, 1.82) is 5.26 Å². The average Bonchev–Trinajstić information content (AvgIpc) is 3.25. The van der Waals surface area contributed by atoms with Crippen LogP contribution < -0.4 is 16.4 Å². The van der Waals surface area contributed by atoms with Crippen LogP contribution in [-0.4, -0.2) is 30.6 Å². The summed E-state index contributed by atoms with van der Waals surface area (Å²) in [5.74, 6) is -1.04. The molecule has 0 heterocycles. The molecule has 15 heteroatoms. The summed E-state index contributed by atoms with van der Waals surface area (Å²) in [7, 11) is 1.00. The van der Waals surface area contributed by atoms with Gasteiger partial charge in [-0.2, -0.15) is 31.6 Å². The highest BCUT2D eigenvalue weighted by atomic mass is 35.5. The van der Waals surface area contributed by atoms with Gasteiger partial charge in [-0.05, 0) is 110 Å². The maximum Gasteiger partial charge on any atom is 0.416 e. The molecule has 60 heavy (non-hydrogen) atoms. The molecule has 2 fully saturated rings. The SMILES string of the molecule is CO.N#CC1(c2cccc(Cl)c2)CCC(C(=O)NCc2ccccc2C(F)(F)F)CC1.NCC1(c2cccc(Cl)c2)CCC(C(=O)NCc2ccccc2C(F)(F)F)CC1. The molecule has 322 valence electrons. The molecular formula is C45H48Cl2F6N4O3. The highest BCUT2D eigenvalue weighted by molar-refractivity contribution is 6.30. The minimum absolute atomic E-state index is 0.0365. The van der Waals surface area contributed by atoms with E-state index in [4.69, 9.17) is 34.0 Å². The number of aliphatic hydroxyl groups excluding tert-OH is 1. The number of rotatable bonds is 9. The molecule has 0 spiro atoms. The summed E-state index contributed by atoms with van der Waals surface area (Å²) in [6.07, 6.45) is -4.17. The fourth-order valence-electron chi connectivity index (χ4n) is 8.04. The number of carbonyl (C=O) groups is 2. The molecule has 0 aliphatic heterocycles. The van der Waals surface area contributed by atoms with Gasteiger partial charge < -0.3 is 21.5 Å². The monoisotopic (exact) mass is 876 g/mol. The Morgan fingerprint density at radius 1 is 0.683 bits per heavy atom. The van der Waals surface area contributed by atoms with E-state index in [2.05, 4.69) is 16.7 Å². The summed E-state index contributed by atoms with van der Waals surface area (Å²) in [4.78, 5) is 25.1. The van der Waals surface area contributed by atoms with Gasteiger partial charge >= 0.3 is 12.4 Å². The molecular weight excluding hydrogens is 829 g/mol. The van der Waals surface area contributed by atoms with Crippen molar-refractivity contribution in [2.45, 2.75) is 87.6 Å². The van der Waals surface area contributed by atoms with Gasteiger partial charge in [-0.25, -0.2) is 0 Å². The van der Waals surface area contributed by atoms with Crippen LogP contribution in [0.1, 0.15) is 84.7 Å². The number of nitrogens with one attached hydrogen (secondary N) is 2. The van der Waals surface area contributed by atoms with E-state index in [9.17, 15) is 41.2 Å². The second-order valence-corrected chi connectivity index (χ2v) is 15.9. The first-order chi connectivity index (χ1) is 28.5. The molecule has 2 aliphatic carbocycles. The van der Waals surface area contributed by atoms with Gasteiger partial charge in [0.1, 0.15) is 0 Å². The van der Waals surface area contributed by atoms with Crippen LogP contribution in [0, 0.1) is 23.2 Å².